The van der Waals surface area contributed by atoms with Gasteiger partial charge in [0.1, 0.15) is 0 Å². The molecule has 52 valence electrons. The van der Waals surface area contributed by atoms with Crippen molar-refractivity contribution in [1.29, 1.82) is 0 Å². The Morgan fingerprint density at radius 2 is 2.20 bits per heavy atom. The van der Waals surface area contributed by atoms with Crippen molar-refractivity contribution in [2.75, 3.05) is 0 Å². The van der Waals surface area contributed by atoms with Gasteiger partial charge in [0.15, 0.2) is 0 Å². The van der Waals surface area contributed by atoms with Crippen molar-refractivity contribution in [3.05, 3.63) is 30.7 Å². The third-order valence-corrected chi connectivity index (χ3v) is 1.15. The molecule has 0 heterocycles. The fraction of sp³-hybridized carbons (Fsp3) is 0.444. The zero-order chi connectivity index (χ0) is 7.11. The van der Waals surface area contributed by atoms with E-state index < -0.39 is 0 Å². The first-order valence-electron chi connectivity index (χ1n) is 3.40. The van der Waals surface area contributed by atoms with Crippen LogP contribution in [0.15, 0.2) is 17.7 Å². The summed E-state index contributed by atoms with van der Waals surface area (Å²) in [6.45, 7) is 7.15. The van der Waals surface area contributed by atoms with E-state index in [1.54, 1.807) is 6.92 Å². The fourth-order valence-corrected chi connectivity index (χ4v) is 0.693. The Morgan fingerprint density at radius 3 is 2.40 bits per heavy atom. The number of allylic oxidation sites excluding steroid dienone is 4. The summed E-state index contributed by atoms with van der Waals surface area (Å²) < 4.78 is 0. The van der Waals surface area contributed by atoms with Crippen molar-refractivity contribution in [3.63, 3.8) is 0 Å². The van der Waals surface area contributed by atoms with Gasteiger partial charge in [0, 0.05) is 0 Å². The fourth-order valence-electron chi connectivity index (χ4n) is 0.693. The van der Waals surface area contributed by atoms with Crippen molar-refractivity contribution in [2.24, 2.45) is 0 Å². The summed E-state index contributed by atoms with van der Waals surface area (Å²) in [5, 5.41) is 0. The van der Waals surface area contributed by atoms with Crippen LogP contribution in [0.4, 0.5) is 0 Å². The molecule has 0 saturated carbocycles. The summed E-state index contributed by atoms with van der Waals surface area (Å²) in [5.41, 5.74) is 1.36. The first-order valence-corrected chi connectivity index (χ1v) is 3.40. The Morgan fingerprint density at radius 1 is 1.60 bits per heavy atom. The molecule has 0 nitrogen and oxygen atoms in total. The molecule has 0 N–H and O–H groups in total. The van der Waals surface area contributed by atoms with Crippen LogP contribution in [0.2, 0.25) is 0 Å². The van der Waals surface area contributed by atoms with Gasteiger partial charge in [0.2, 0.25) is 0 Å². The van der Waals surface area contributed by atoms with Crippen LogP contribution in [-0.4, -0.2) is 23.1 Å². The molecule has 1 aliphatic carbocycles. The summed E-state index contributed by atoms with van der Waals surface area (Å²) in [4.78, 5) is 0. The van der Waals surface area contributed by atoms with Crippen molar-refractivity contribution < 1.29 is 0 Å². The largest absolute Gasteiger partial charge is 2.00 e. The third kappa shape index (κ3) is 5.06. The van der Waals surface area contributed by atoms with Crippen LogP contribution in [-0.2, 0) is 0 Å². The standard InChI is InChI=1S/C7H9.C2H5.Mg/c1-2-7-5-3-4-6-7;1-2;/h3,5H,2,4H2,1H3;1H2,2H3;/q2*-1;+2. The van der Waals surface area contributed by atoms with Crippen LogP contribution in [0, 0.1) is 13.0 Å². The van der Waals surface area contributed by atoms with Crippen LogP contribution in [0.1, 0.15) is 26.7 Å². The molecule has 0 radical (unpaired) electrons. The molecule has 1 heteroatoms. The van der Waals surface area contributed by atoms with E-state index in [4.69, 9.17) is 0 Å². The summed E-state index contributed by atoms with van der Waals surface area (Å²) in [6.07, 6.45) is 9.65. The van der Waals surface area contributed by atoms with E-state index in [2.05, 4.69) is 32.1 Å². The van der Waals surface area contributed by atoms with Gasteiger partial charge in [0.05, 0.1) is 0 Å². The third-order valence-electron chi connectivity index (χ3n) is 1.15. The average molecular weight is 147 g/mol. The Hall–Kier alpha value is 0.246. The summed E-state index contributed by atoms with van der Waals surface area (Å²) in [5.74, 6) is 0. The van der Waals surface area contributed by atoms with E-state index in [0.29, 0.717) is 0 Å². The Labute approximate surface area is 80.5 Å². The normalized spacial score (nSPS) is 12.9. The predicted octanol–water partition coefficient (Wildman–Crippen LogP) is 2.55. The molecular formula is C9H14Mg. The van der Waals surface area contributed by atoms with E-state index in [-0.39, 0.29) is 23.1 Å². The first kappa shape index (κ1) is 12.9. The van der Waals surface area contributed by atoms with Crippen LogP contribution < -0.4 is 0 Å². The second-order valence-corrected chi connectivity index (χ2v) is 1.66. The quantitative estimate of drug-likeness (QED) is 0.394. The van der Waals surface area contributed by atoms with Gasteiger partial charge in [-0.1, -0.05) is 13.3 Å². The minimum absolute atomic E-state index is 0. The topological polar surface area (TPSA) is 0 Å². The van der Waals surface area contributed by atoms with Gasteiger partial charge < -0.3 is 6.92 Å². The van der Waals surface area contributed by atoms with Gasteiger partial charge in [-0.05, 0) is 0 Å². The van der Waals surface area contributed by atoms with Crippen molar-refractivity contribution in [3.8, 4) is 0 Å². The molecule has 0 aromatic carbocycles. The first-order chi connectivity index (χ1) is 4.43. The van der Waals surface area contributed by atoms with Crippen molar-refractivity contribution >= 4 is 23.1 Å². The molecule has 0 aliphatic heterocycles. The molecule has 10 heavy (non-hydrogen) atoms. The molecule has 0 spiro atoms. The van der Waals surface area contributed by atoms with E-state index >= 15 is 0 Å². The van der Waals surface area contributed by atoms with Gasteiger partial charge in [-0.2, -0.15) is 13.0 Å². The summed E-state index contributed by atoms with van der Waals surface area (Å²) in [6, 6.07) is 0. The maximum absolute atomic E-state index is 3.25. The number of rotatable bonds is 1. The van der Waals surface area contributed by atoms with E-state index in [1.807, 2.05) is 0 Å². The van der Waals surface area contributed by atoms with Gasteiger partial charge in [0.25, 0.3) is 0 Å². The van der Waals surface area contributed by atoms with Gasteiger partial charge in [-0.3, -0.25) is 6.08 Å². The molecular weight excluding hydrogens is 132 g/mol. The minimum Gasteiger partial charge on any atom is -0.346 e. The van der Waals surface area contributed by atoms with E-state index in [0.717, 1.165) is 12.8 Å². The second-order valence-electron chi connectivity index (χ2n) is 1.66. The monoisotopic (exact) mass is 146 g/mol. The van der Waals surface area contributed by atoms with E-state index in [9.17, 15) is 0 Å². The van der Waals surface area contributed by atoms with E-state index in [1.165, 1.54) is 5.57 Å². The SMILES string of the molecule is CCC1=[C-]CC=C1.[CH2-]C.[Mg+2]. The molecule has 1 rings (SSSR count). The Bertz CT molecular complexity index is 112. The summed E-state index contributed by atoms with van der Waals surface area (Å²) >= 11 is 0. The molecule has 0 unspecified atom stereocenters. The second kappa shape index (κ2) is 9.25. The van der Waals surface area contributed by atoms with Gasteiger partial charge >= 0.3 is 23.1 Å². The van der Waals surface area contributed by atoms with Crippen LogP contribution >= 0.6 is 0 Å². The van der Waals surface area contributed by atoms with Crippen molar-refractivity contribution in [1.82, 2.24) is 0 Å². The maximum Gasteiger partial charge on any atom is 2.00 e. The zero-order valence-electron chi connectivity index (χ0n) is 6.98. The summed E-state index contributed by atoms with van der Waals surface area (Å²) in [7, 11) is 0. The Balaban J connectivity index is 0. The number of hydrogen-bond donors (Lipinski definition) is 0. The predicted molar refractivity (Wildman–Crippen MR) is 47.6 cm³/mol. The molecule has 0 saturated heterocycles. The van der Waals surface area contributed by atoms with Crippen LogP contribution in [0.25, 0.3) is 0 Å². The smallest absolute Gasteiger partial charge is 0.346 e. The molecule has 0 aromatic rings. The molecule has 0 aromatic heterocycles. The molecule has 1 aliphatic rings. The average Bonchev–Trinajstić information content (AvgIpc) is 2.43. The zero-order valence-corrected chi connectivity index (χ0v) is 8.40. The Kier molecular flexibility index (Phi) is 11.9. The minimum atomic E-state index is 0. The number of hydrogen-bond acceptors (Lipinski definition) is 0. The molecule has 0 bridgehead atoms. The van der Waals surface area contributed by atoms with Gasteiger partial charge in [-0.25, -0.2) is 11.6 Å². The molecule has 0 amide bonds. The van der Waals surface area contributed by atoms with Gasteiger partial charge in [-0.15, -0.1) is 6.42 Å². The maximum atomic E-state index is 3.25. The molecule has 0 fully saturated rings. The van der Waals surface area contributed by atoms with Crippen LogP contribution in [0.3, 0.4) is 0 Å². The molecule has 0 atom stereocenters. The van der Waals surface area contributed by atoms with Crippen LogP contribution in [0.5, 0.6) is 0 Å². The van der Waals surface area contributed by atoms with Crippen molar-refractivity contribution in [2.45, 2.75) is 26.7 Å².